The van der Waals surface area contributed by atoms with Gasteiger partial charge in [-0.1, -0.05) is 0 Å². The van der Waals surface area contributed by atoms with Crippen LogP contribution in [0.25, 0.3) is 11.6 Å². The maximum absolute atomic E-state index is 4.12. The van der Waals surface area contributed by atoms with E-state index in [0.29, 0.717) is 11.6 Å². The molecule has 0 aromatic carbocycles. The highest BCUT2D eigenvalue weighted by Crippen LogP contribution is 2.34. The van der Waals surface area contributed by atoms with Crippen LogP contribution in [0.5, 0.6) is 0 Å². The van der Waals surface area contributed by atoms with Crippen molar-refractivity contribution in [3.05, 3.63) is 36.9 Å². The third-order valence-corrected chi connectivity index (χ3v) is 4.59. The van der Waals surface area contributed by atoms with Crippen LogP contribution < -0.4 is 0 Å². The van der Waals surface area contributed by atoms with Crippen LogP contribution in [0.1, 0.15) is 0 Å². The topological polar surface area (TPSA) is 86.2 Å². The molecule has 4 aromatic heterocycles. The van der Waals surface area contributed by atoms with E-state index in [1.807, 2.05) is 33.3 Å². The number of rotatable bonds is 3. The molecule has 0 N–H and O–H groups in total. The number of hydrogen-bond donors (Lipinski definition) is 0. The molecule has 0 amide bonds. The molecular formula is C10H6N8S2. The standard InChI is InChI=1S/C10H6N8S2/c1-3-11-7-13-15-9(17(7)5-1)19-20-10-16-14-8-12-4-2-6-18(8)10/h1-6H. The molecule has 0 saturated heterocycles. The fourth-order valence-corrected chi connectivity index (χ4v) is 3.50. The summed E-state index contributed by atoms with van der Waals surface area (Å²) in [5.74, 6) is 1.15. The van der Waals surface area contributed by atoms with Gasteiger partial charge in [0, 0.05) is 24.8 Å². The Balaban J connectivity index is 1.64. The van der Waals surface area contributed by atoms with Gasteiger partial charge in [0.1, 0.15) is 0 Å². The quantitative estimate of drug-likeness (QED) is 0.524. The van der Waals surface area contributed by atoms with E-state index in [1.54, 1.807) is 12.4 Å². The second kappa shape index (κ2) is 4.72. The Morgan fingerprint density at radius 2 is 1.20 bits per heavy atom. The minimum atomic E-state index is 0.573. The molecule has 0 unspecified atom stereocenters. The van der Waals surface area contributed by atoms with Crippen LogP contribution in [-0.2, 0) is 0 Å². The second-order valence-electron chi connectivity index (χ2n) is 3.71. The average Bonchev–Trinajstić information content (AvgIpc) is 3.09. The molecule has 0 aliphatic rings. The van der Waals surface area contributed by atoms with E-state index < -0.39 is 0 Å². The Morgan fingerprint density at radius 1 is 0.700 bits per heavy atom. The normalized spacial score (nSPS) is 11.4. The summed E-state index contributed by atoms with van der Waals surface area (Å²) in [6, 6.07) is 3.67. The smallest absolute Gasteiger partial charge is 0.255 e. The first-order valence-corrected chi connectivity index (χ1v) is 7.73. The van der Waals surface area contributed by atoms with Crippen molar-refractivity contribution in [2.45, 2.75) is 10.3 Å². The molecule has 0 spiro atoms. The lowest BCUT2D eigenvalue weighted by Gasteiger charge is -1.97. The molecule has 98 valence electrons. The van der Waals surface area contributed by atoms with Gasteiger partial charge in [0.2, 0.25) is 10.3 Å². The molecule has 4 aromatic rings. The van der Waals surface area contributed by atoms with Crippen LogP contribution in [0.15, 0.2) is 47.2 Å². The number of nitrogens with zero attached hydrogens (tertiary/aromatic N) is 8. The van der Waals surface area contributed by atoms with Gasteiger partial charge in [-0.2, -0.15) is 0 Å². The zero-order chi connectivity index (χ0) is 13.4. The Bertz CT molecular complexity index is 811. The number of hydrogen-bond acceptors (Lipinski definition) is 8. The molecule has 4 heterocycles. The van der Waals surface area contributed by atoms with Gasteiger partial charge in [0.05, 0.1) is 0 Å². The van der Waals surface area contributed by atoms with Crippen molar-refractivity contribution in [1.82, 2.24) is 39.2 Å². The van der Waals surface area contributed by atoms with E-state index >= 15 is 0 Å². The van der Waals surface area contributed by atoms with Crippen molar-refractivity contribution in [2.75, 3.05) is 0 Å². The summed E-state index contributed by atoms with van der Waals surface area (Å²) in [7, 11) is 2.89. The molecule has 0 fully saturated rings. The van der Waals surface area contributed by atoms with Crippen molar-refractivity contribution in [2.24, 2.45) is 0 Å². The van der Waals surface area contributed by atoms with Crippen LogP contribution >= 0.6 is 21.6 Å². The Hall–Kier alpha value is -2.20. The van der Waals surface area contributed by atoms with Crippen LogP contribution in [0, 0.1) is 0 Å². The van der Waals surface area contributed by atoms with Gasteiger partial charge in [-0.15, -0.1) is 20.4 Å². The van der Waals surface area contributed by atoms with E-state index in [0.717, 1.165) is 10.3 Å². The third-order valence-electron chi connectivity index (χ3n) is 2.51. The molecule has 0 atom stereocenters. The Morgan fingerprint density at radius 3 is 1.70 bits per heavy atom. The first-order valence-electron chi connectivity index (χ1n) is 5.58. The first kappa shape index (κ1) is 11.6. The molecule has 4 rings (SSSR count). The maximum Gasteiger partial charge on any atom is 0.255 e. The Kier molecular flexibility index (Phi) is 2.74. The van der Waals surface area contributed by atoms with Crippen molar-refractivity contribution in [3.63, 3.8) is 0 Å². The largest absolute Gasteiger partial charge is 0.261 e. The zero-order valence-corrected chi connectivity index (χ0v) is 11.5. The predicted octanol–water partition coefficient (Wildman–Crippen LogP) is 1.36. The minimum Gasteiger partial charge on any atom is -0.261 e. The summed E-state index contributed by atoms with van der Waals surface area (Å²) in [5.41, 5.74) is 0. The van der Waals surface area contributed by atoms with Gasteiger partial charge in [-0.25, -0.2) is 9.97 Å². The van der Waals surface area contributed by atoms with E-state index in [1.165, 1.54) is 21.6 Å². The summed E-state index contributed by atoms with van der Waals surface area (Å²) < 4.78 is 3.64. The second-order valence-corrected chi connectivity index (χ2v) is 5.77. The number of aromatic nitrogens is 8. The van der Waals surface area contributed by atoms with Crippen molar-refractivity contribution in [3.8, 4) is 0 Å². The average molecular weight is 302 g/mol. The SMILES string of the molecule is c1cnc2nnc(SSc3nnc4ncccn34)n2c1. The highest BCUT2D eigenvalue weighted by molar-refractivity contribution is 8.76. The van der Waals surface area contributed by atoms with Crippen LogP contribution in [-0.4, -0.2) is 39.2 Å². The first-order chi connectivity index (χ1) is 9.92. The number of fused-ring (bicyclic) bond motifs is 2. The van der Waals surface area contributed by atoms with Gasteiger partial charge in [-0.05, 0) is 33.7 Å². The van der Waals surface area contributed by atoms with Gasteiger partial charge in [-0.3, -0.25) is 8.80 Å². The maximum atomic E-state index is 4.12. The molecule has 20 heavy (non-hydrogen) atoms. The van der Waals surface area contributed by atoms with Crippen molar-refractivity contribution >= 4 is 33.1 Å². The highest BCUT2D eigenvalue weighted by Gasteiger charge is 2.11. The third kappa shape index (κ3) is 1.89. The lowest BCUT2D eigenvalue weighted by molar-refractivity contribution is 0.917. The summed E-state index contributed by atoms with van der Waals surface area (Å²) in [6.07, 6.45) is 7.11. The Labute approximate surface area is 120 Å². The lowest BCUT2D eigenvalue weighted by atomic mass is 10.7. The van der Waals surface area contributed by atoms with Crippen LogP contribution in [0.4, 0.5) is 0 Å². The monoisotopic (exact) mass is 302 g/mol. The van der Waals surface area contributed by atoms with Gasteiger partial charge < -0.3 is 0 Å². The molecule has 10 heteroatoms. The zero-order valence-electron chi connectivity index (χ0n) is 9.86. The van der Waals surface area contributed by atoms with Crippen molar-refractivity contribution < 1.29 is 0 Å². The molecule has 0 saturated carbocycles. The fourth-order valence-electron chi connectivity index (χ4n) is 1.63. The van der Waals surface area contributed by atoms with Crippen LogP contribution in [0.2, 0.25) is 0 Å². The summed E-state index contributed by atoms with van der Waals surface area (Å²) in [5, 5.41) is 17.6. The summed E-state index contributed by atoms with van der Waals surface area (Å²) in [4.78, 5) is 8.24. The molecule has 0 radical (unpaired) electrons. The summed E-state index contributed by atoms with van der Waals surface area (Å²) in [6.45, 7) is 0. The molecule has 0 aliphatic carbocycles. The van der Waals surface area contributed by atoms with E-state index in [9.17, 15) is 0 Å². The van der Waals surface area contributed by atoms with E-state index in [-0.39, 0.29) is 0 Å². The highest BCUT2D eigenvalue weighted by atomic mass is 33.1. The molecule has 0 bridgehead atoms. The predicted molar refractivity (Wildman–Crippen MR) is 73.3 cm³/mol. The van der Waals surface area contributed by atoms with Gasteiger partial charge in [0.25, 0.3) is 11.6 Å². The minimum absolute atomic E-state index is 0.573. The van der Waals surface area contributed by atoms with Gasteiger partial charge >= 0.3 is 0 Å². The van der Waals surface area contributed by atoms with E-state index in [2.05, 4.69) is 30.4 Å². The fraction of sp³-hybridized carbons (Fsp3) is 0. The lowest BCUT2D eigenvalue weighted by Crippen LogP contribution is -1.89. The molecular weight excluding hydrogens is 296 g/mol. The summed E-state index contributed by atoms with van der Waals surface area (Å²) >= 11 is 0. The molecule has 8 nitrogen and oxygen atoms in total. The van der Waals surface area contributed by atoms with Gasteiger partial charge in [0.15, 0.2) is 0 Å². The van der Waals surface area contributed by atoms with Crippen molar-refractivity contribution in [1.29, 1.82) is 0 Å². The van der Waals surface area contributed by atoms with E-state index in [4.69, 9.17) is 0 Å². The van der Waals surface area contributed by atoms with Crippen LogP contribution in [0.3, 0.4) is 0 Å². The molecule has 0 aliphatic heterocycles.